The van der Waals surface area contributed by atoms with Gasteiger partial charge in [0.1, 0.15) is 6.52 Å². The van der Waals surface area contributed by atoms with Crippen LogP contribution in [-0.2, 0) is 4.79 Å². The Morgan fingerprint density at radius 3 is 2.62 bits per heavy atom. The number of hydrogen-bond donors (Lipinski definition) is 0. The minimum Gasteiger partial charge on any atom is -0.313 e. The van der Waals surface area contributed by atoms with E-state index in [9.17, 15) is 4.79 Å². The fraction of sp³-hybridized carbons (Fsp3) is 0.222. The molecule has 1 atom stereocenters. The Morgan fingerprint density at radius 2 is 1.90 bits per heavy atom. The molecule has 3 rings (SSSR count). The van der Waals surface area contributed by atoms with Gasteiger partial charge in [0.05, 0.1) is 12.8 Å². The van der Waals surface area contributed by atoms with Crippen molar-refractivity contribution in [2.45, 2.75) is 13.8 Å². The number of benzodiazepines with no additional fused rings is 1. The molecule has 0 bridgehead atoms. The first-order chi connectivity index (χ1) is 10.5. The van der Waals surface area contributed by atoms with Crippen LogP contribution in [0.25, 0.3) is 0 Å². The van der Waals surface area contributed by atoms with Crippen molar-refractivity contribution in [3.63, 3.8) is 0 Å². The van der Waals surface area contributed by atoms with Gasteiger partial charge in [-0.2, -0.15) is 0 Å². The van der Waals surface area contributed by atoms with Crippen molar-refractivity contribution in [3.8, 4) is 0 Å². The number of aryl methyl sites for hydroxylation is 2. The van der Waals surface area contributed by atoms with E-state index in [1.165, 1.54) is 0 Å². The Bertz CT molecular complexity index is 768. The average Bonchev–Trinajstić information content (AvgIpc) is 2.59. The van der Waals surface area contributed by atoms with Crippen molar-refractivity contribution in [3.05, 3.63) is 64.7 Å². The van der Waals surface area contributed by atoms with Gasteiger partial charge in [0.15, 0.2) is 0 Å². The zero-order valence-electron chi connectivity index (χ0n) is 13.4. The molecule has 1 amide bonds. The normalized spacial score (nSPS) is 18.7. The molecule has 106 valence electrons. The van der Waals surface area contributed by atoms with Crippen LogP contribution in [-0.4, -0.2) is 25.2 Å². The van der Waals surface area contributed by atoms with Crippen molar-refractivity contribution in [2.75, 3.05) is 18.5 Å². The number of hydrogen-bond acceptors (Lipinski definition) is 2. The number of amides is 1. The molecular weight excluding hydrogens is 260 g/mol. The maximum absolute atomic E-state index is 12.4. The minimum absolute atomic E-state index is 0.306. The lowest BCUT2D eigenvalue weighted by molar-refractivity contribution is -0.116. The average molecular weight is 279 g/mol. The van der Waals surface area contributed by atoms with Crippen LogP contribution in [0.5, 0.6) is 0 Å². The fourth-order valence-electron chi connectivity index (χ4n) is 2.80. The van der Waals surface area contributed by atoms with Gasteiger partial charge in [0, 0.05) is 18.2 Å². The molecular formula is C18H18N2O. The molecule has 0 spiro atoms. The highest BCUT2D eigenvalue weighted by Crippen LogP contribution is 2.30. The van der Waals surface area contributed by atoms with Gasteiger partial charge in [-0.3, -0.25) is 9.79 Å². The number of anilines is 1. The fourth-order valence-corrected chi connectivity index (χ4v) is 2.80. The Morgan fingerprint density at radius 1 is 1.19 bits per heavy atom. The summed E-state index contributed by atoms with van der Waals surface area (Å²) >= 11 is 0. The second kappa shape index (κ2) is 5.17. The number of carbonyl (C=O) groups excluding carboxylic acids is 1. The number of benzene rings is 2. The van der Waals surface area contributed by atoms with Gasteiger partial charge in [0.2, 0.25) is 5.91 Å². The first-order valence-electron chi connectivity index (χ1n) is 7.51. The third-order valence-electron chi connectivity index (χ3n) is 3.72. The first kappa shape index (κ1) is 12.3. The van der Waals surface area contributed by atoms with Crippen LogP contribution in [0.4, 0.5) is 5.69 Å². The van der Waals surface area contributed by atoms with Crippen LogP contribution in [0, 0.1) is 13.8 Å². The summed E-state index contributed by atoms with van der Waals surface area (Å²) in [5, 5.41) is 0. The molecule has 0 saturated carbocycles. The van der Waals surface area contributed by atoms with E-state index in [4.69, 9.17) is 1.37 Å². The second-order valence-corrected chi connectivity index (χ2v) is 5.35. The highest BCUT2D eigenvalue weighted by atomic mass is 16.2. The van der Waals surface area contributed by atoms with Crippen LogP contribution >= 0.6 is 0 Å². The van der Waals surface area contributed by atoms with E-state index in [-0.39, 0.29) is 5.91 Å². The molecule has 0 aliphatic carbocycles. The van der Waals surface area contributed by atoms with Crippen molar-refractivity contribution in [2.24, 2.45) is 4.99 Å². The van der Waals surface area contributed by atoms with E-state index < -0.39 is 6.52 Å². The second-order valence-electron chi connectivity index (χ2n) is 5.35. The number of likely N-dealkylation sites (N-methyl/N-ethyl adjacent to an activating group) is 1. The third-order valence-corrected chi connectivity index (χ3v) is 3.72. The molecule has 21 heavy (non-hydrogen) atoms. The molecule has 0 fully saturated rings. The van der Waals surface area contributed by atoms with Crippen LogP contribution < -0.4 is 4.90 Å². The van der Waals surface area contributed by atoms with E-state index in [1.54, 1.807) is 11.9 Å². The predicted octanol–water partition coefficient (Wildman–Crippen LogP) is 3.12. The van der Waals surface area contributed by atoms with Crippen molar-refractivity contribution < 1.29 is 6.17 Å². The van der Waals surface area contributed by atoms with E-state index in [2.05, 4.69) is 11.1 Å². The lowest BCUT2D eigenvalue weighted by atomic mass is 9.96. The van der Waals surface area contributed by atoms with E-state index >= 15 is 0 Å². The summed E-state index contributed by atoms with van der Waals surface area (Å²) in [5.74, 6) is -0.306. The summed E-state index contributed by atoms with van der Waals surface area (Å²) < 4.78 is 8.05. The monoisotopic (exact) mass is 279 g/mol. The summed E-state index contributed by atoms with van der Waals surface area (Å²) in [7, 11) is 1.72. The zero-order chi connectivity index (χ0) is 15.9. The van der Waals surface area contributed by atoms with E-state index in [1.807, 2.05) is 50.2 Å². The molecule has 1 aliphatic heterocycles. The predicted molar refractivity (Wildman–Crippen MR) is 86.3 cm³/mol. The van der Waals surface area contributed by atoms with Gasteiger partial charge in [-0.15, -0.1) is 0 Å². The number of carbonyl (C=O) groups is 1. The summed E-state index contributed by atoms with van der Waals surface area (Å²) in [4.78, 5) is 18.3. The molecule has 0 N–H and O–H groups in total. The molecule has 2 aromatic rings. The third kappa shape index (κ3) is 2.35. The van der Waals surface area contributed by atoms with Gasteiger partial charge in [-0.05, 0) is 25.5 Å². The van der Waals surface area contributed by atoms with Crippen molar-refractivity contribution >= 4 is 17.3 Å². The van der Waals surface area contributed by atoms with Gasteiger partial charge in [-0.1, -0.05) is 42.0 Å². The minimum atomic E-state index is -1.13. The van der Waals surface area contributed by atoms with E-state index in [0.717, 1.165) is 27.9 Å². The first-order valence-corrected chi connectivity index (χ1v) is 6.93. The Balaban J connectivity index is 2.32. The van der Waals surface area contributed by atoms with Crippen molar-refractivity contribution in [1.82, 2.24) is 0 Å². The van der Waals surface area contributed by atoms with Gasteiger partial charge < -0.3 is 4.90 Å². The van der Waals surface area contributed by atoms with Gasteiger partial charge >= 0.3 is 0 Å². The summed E-state index contributed by atoms with van der Waals surface area (Å²) in [6, 6.07) is 13.8. The maximum atomic E-state index is 12.4. The Hall–Kier alpha value is -2.42. The molecule has 2 aromatic carbocycles. The van der Waals surface area contributed by atoms with Crippen molar-refractivity contribution in [1.29, 1.82) is 0 Å². The number of fused-ring (bicyclic) bond motifs is 1. The largest absolute Gasteiger partial charge is 0.313 e. The van der Waals surface area contributed by atoms with Crippen LogP contribution in [0.15, 0.2) is 47.5 Å². The summed E-state index contributed by atoms with van der Waals surface area (Å²) in [6.07, 6.45) is 0. The number of rotatable bonds is 1. The number of aliphatic imine (C=N–C) groups is 1. The van der Waals surface area contributed by atoms with Gasteiger partial charge in [0.25, 0.3) is 0 Å². The Kier molecular flexibility index (Phi) is 3.03. The molecule has 1 heterocycles. The highest BCUT2D eigenvalue weighted by Gasteiger charge is 2.24. The summed E-state index contributed by atoms with van der Waals surface area (Å²) in [5.41, 5.74) is 5.52. The van der Waals surface area contributed by atoms with Crippen LogP contribution in [0.1, 0.15) is 23.6 Å². The lowest BCUT2D eigenvalue weighted by Crippen LogP contribution is -2.28. The highest BCUT2D eigenvalue weighted by molar-refractivity contribution is 6.20. The maximum Gasteiger partial charge on any atom is 0.248 e. The molecule has 0 aromatic heterocycles. The molecule has 3 heteroatoms. The molecule has 0 radical (unpaired) electrons. The number of nitrogens with zero attached hydrogens (tertiary/aromatic N) is 2. The van der Waals surface area contributed by atoms with Crippen LogP contribution in [0.3, 0.4) is 0 Å². The summed E-state index contributed by atoms with van der Waals surface area (Å²) in [6.45, 7) is 2.89. The zero-order valence-corrected chi connectivity index (χ0v) is 12.4. The van der Waals surface area contributed by atoms with E-state index in [0.29, 0.717) is 5.71 Å². The standard InChI is InChI=1S/C18H18N2O/c1-12-9-13(2)18-15(10-12)17(14-7-5-4-6-8-14)19-11-16(21)20(18)3/h4-10H,11H2,1-3H3/i11D. The molecule has 1 unspecified atom stereocenters. The Labute approximate surface area is 126 Å². The SMILES string of the molecule is [2H]C1N=C(c2ccccc2)c2cc(C)cc(C)c2N(C)C1=O. The molecule has 1 aliphatic rings. The van der Waals surface area contributed by atoms with Gasteiger partial charge in [-0.25, -0.2) is 0 Å². The van der Waals surface area contributed by atoms with Crippen LogP contribution in [0.2, 0.25) is 0 Å². The smallest absolute Gasteiger partial charge is 0.248 e. The quantitative estimate of drug-likeness (QED) is 0.789. The topological polar surface area (TPSA) is 32.7 Å². The molecule has 0 saturated heterocycles. The molecule has 3 nitrogen and oxygen atoms in total. The lowest BCUT2D eigenvalue weighted by Gasteiger charge is -2.21.